The van der Waals surface area contributed by atoms with E-state index >= 15 is 0 Å². The van der Waals surface area contributed by atoms with Gasteiger partial charge in [-0.05, 0) is 59.9 Å². The molecule has 4 heterocycles. The fraction of sp³-hybridized carbons (Fsp3) is 0.259. The van der Waals surface area contributed by atoms with Gasteiger partial charge in [0.25, 0.3) is 0 Å². The monoisotopic (exact) mass is 486 g/mol. The summed E-state index contributed by atoms with van der Waals surface area (Å²) in [6, 6.07) is 9.43. The molecule has 4 rings (SSSR count). The molecule has 0 bridgehead atoms. The summed E-state index contributed by atoms with van der Waals surface area (Å²) in [6.07, 6.45) is 5.84. The van der Waals surface area contributed by atoms with Crippen LogP contribution in [0.15, 0.2) is 62.0 Å². The average molecular weight is 487 g/mol. The van der Waals surface area contributed by atoms with Crippen LogP contribution in [0.2, 0.25) is 0 Å². The highest BCUT2D eigenvalue weighted by Gasteiger charge is 2.21. The first-order valence-electron chi connectivity index (χ1n) is 11.7. The first-order chi connectivity index (χ1) is 17.4. The summed E-state index contributed by atoms with van der Waals surface area (Å²) >= 11 is 0. The van der Waals surface area contributed by atoms with Crippen LogP contribution in [0.25, 0.3) is 16.7 Å². The van der Waals surface area contributed by atoms with Crippen molar-refractivity contribution in [1.82, 2.24) is 15.0 Å². The second-order valence-corrected chi connectivity index (χ2v) is 8.47. The zero-order valence-electron chi connectivity index (χ0n) is 20.5. The number of methoxy groups -OCH3 is 1. The van der Waals surface area contributed by atoms with Gasteiger partial charge in [0.05, 0.1) is 13.2 Å². The van der Waals surface area contributed by atoms with E-state index in [0.29, 0.717) is 29.9 Å². The summed E-state index contributed by atoms with van der Waals surface area (Å²) in [5.41, 5.74) is 4.06. The first kappa shape index (κ1) is 24.9. The largest absolute Gasteiger partial charge is 0.481 e. The number of carbonyl (C=O) groups excluding carboxylic acids is 1. The molecule has 1 amide bonds. The highest BCUT2D eigenvalue weighted by molar-refractivity contribution is 5.98. The van der Waals surface area contributed by atoms with Gasteiger partial charge in [0, 0.05) is 49.7 Å². The fourth-order valence-electron chi connectivity index (χ4n) is 4.16. The number of piperidine rings is 1. The molecule has 0 unspecified atom stereocenters. The predicted octanol–water partition coefficient (Wildman–Crippen LogP) is 3.74. The van der Waals surface area contributed by atoms with E-state index in [2.05, 4.69) is 38.7 Å². The predicted molar refractivity (Wildman–Crippen MR) is 142 cm³/mol. The van der Waals surface area contributed by atoms with E-state index in [9.17, 15) is 9.90 Å². The van der Waals surface area contributed by atoms with Crippen LogP contribution in [0, 0.1) is 0 Å². The molecule has 0 aliphatic carbocycles. The summed E-state index contributed by atoms with van der Waals surface area (Å²) in [7, 11) is 3.38. The van der Waals surface area contributed by atoms with Crippen LogP contribution in [0.5, 0.6) is 5.88 Å². The van der Waals surface area contributed by atoms with Gasteiger partial charge in [0.2, 0.25) is 11.8 Å². The van der Waals surface area contributed by atoms with E-state index in [4.69, 9.17) is 4.74 Å². The van der Waals surface area contributed by atoms with Crippen LogP contribution in [0.1, 0.15) is 24.0 Å². The molecular weight excluding hydrogens is 456 g/mol. The zero-order valence-corrected chi connectivity index (χ0v) is 20.5. The van der Waals surface area contributed by atoms with Crippen LogP contribution in [-0.2, 0) is 4.79 Å². The number of β-amino-alcohol motifs (C(OH)–C–C–N with tert-alkyl or cyclic N) is 1. The minimum absolute atomic E-state index is 0.353. The average Bonchev–Trinajstić information content (AvgIpc) is 2.92. The maximum absolute atomic E-state index is 12.0. The Hall–Kier alpha value is -4.24. The number of hydrogen-bond donors (Lipinski definition) is 3. The number of aromatic nitrogens is 3. The number of carbonyl (C=O) groups is 1. The maximum Gasteiger partial charge on any atom is 0.248 e. The van der Waals surface area contributed by atoms with Crippen molar-refractivity contribution < 1.29 is 14.6 Å². The first-order valence-corrected chi connectivity index (χ1v) is 11.7. The minimum atomic E-state index is -0.417. The van der Waals surface area contributed by atoms with Gasteiger partial charge in [-0.25, -0.2) is 15.0 Å². The molecule has 0 spiro atoms. The van der Waals surface area contributed by atoms with Crippen molar-refractivity contribution in [2.75, 3.05) is 42.8 Å². The van der Waals surface area contributed by atoms with Gasteiger partial charge in [-0.2, -0.15) is 0 Å². The lowest BCUT2D eigenvalue weighted by atomic mass is 9.97. The molecule has 1 aliphatic heterocycles. The number of hydrogen-bond acceptors (Lipinski definition) is 8. The third-order valence-corrected chi connectivity index (χ3v) is 6.04. The molecule has 186 valence electrons. The van der Waals surface area contributed by atoms with Crippen molar-refractivity contribution in [3.05, 3.63) is 73.1 Å². The van der Waals surface area contributed by atoms with Crippen LogP contribution in [0.4, 0.5) is 17.5 Å². The van der Waals surface area contributed by atoms with Crippen molar-refractivity contribution in [3.8, 4) is 17.0 Å². The Bertz CT molecular complexity index is 1290. The molecule has 1 aliphatic rings. The number of ether oxygens (including phenoxy) is 1. The van der Waals surface area contributed by atoms with E-state index in [0.717, 1.165) is 47.2 Å². The van der Waals surface area contributed by atoms with Crippen molar-refractivity contribution in [3.63, 3.8) is 0 Å². The van der Waals surface area contributed by atoms with E-state index < -0.39 is 6.10 Å². The van der Waals surface area contributed by atoms with E-state index in [1.54, 1.807) is 32.6 Å². The zero-order chi connectivity index (χ0) is 25.7. The molecule has 1 atom stereocenters. The number of pyridine rings is 3. The molecule has 1 fully saturated rings. The third-order valence-electron chi connectivity index (χ3n) is 6.04. The summed E-state index contributed by atoms with van der Waals surface area (Å²) in [4.78, 5) is 27.5. The standard InChI is InChI=1S/C27H30N6O3/c1-5-25(35)32-23-12-19(13-24(31-23)33-10-6-7-21(34)16-33)20-11-22(27(28-3)30-15-20)17(2)18-8-9-29-26(14-18)36-4/h5,8-9,11-15,21,34H,1-2,6-7,10,16H2,3-4H3,(H,28,30)(H,31,32,35)/t21-/m1/s1. The highest BCUT2D eigenvalue weighted by Crippen LogP contribution is 2.34. The lowest BCUT2D eigenvalue weighted by molar-refractivity contribution is -0.111. The van der Waals surface area contributed by atoms with Gasteiger partial charge in [0.1, 0.15) is 17.5 Å². The summed E-state index contributed by atoms with van der Waals surface area (Å²) in [5, 5.41) is 16.1. The molecule has 36 heavy (non-hydrogen) atoms. The lowest BCUT2D eigenvalue weighted by Crippen LogP contribution is -2.38. The second kappa shape index (κ2) is 11.0. The van der Waals surface area contributed by atoms with Crippen LogP contribution in [0.3, 0.4) is 0 Å². The molecule has 3 N–H and O–H groups in total. The number of rotatable bonds is 8. The summed E-state index contributed by atoms with van der Waals surface area (Å²) in [6.45, 7) is 9.08. The van der Waals surface area contributed by atoms with Gasteiger partial charge in [0.15, 0.2) is 0 Å². The number of aliphatic hydroxyl groups is 1. The molecule has 0 aromatic carbocycles. The Morgan fingerprint density at radius 1 is 1.25 bits per heavy atom. The Labute approximate surface area is 210 Å². The molecule has 0 saturated carbocycles. The Morgan fingerprint density at radius 2 is 2.08 bits per heavy atom. The van der Waals surface area contributed by atoms with Crippen molar-refractivity contribution in [1.29, 1.82) is 0 Å². The van der Waals surface area contributed by atoms with E-state index in [-0.39, 0.29) is 5.91 Å². The number of nitrogens with zero attached hydrogens (tertiary/aromatic N) is 4. The van der Waals surface area contributed by atoms with Gasteiger partial charge < -0.3 is 25.4 Å². The van der Waals surface area contributed by atoms with Gasteiger partial charge in [-0.3, -0.25) is 4.79 Å². The SMILES string of the molecule is C=CC(=O)Nc1cc(-c2cnc(NC)c(C(=C)c3ccnc(OC)c3)c2)cc(N2CCC[C@@H](O)C2)n1. The fourth-order valence-corrected chi connectivity index (χ4v) is 4.16. The second-order valence-electron chi connectivity index (χ2n) is 8.47. The van der Waals surface area contributed by atoms with Crippen molar-refractivity contribution >= 4 is 28.9 Å². The number of amides is 1. The minimum Gasteiger partial charge on any atom is -0.481 e. The molecule has 9 nitrogen and oxygen atoms in total. The lowest BCUT2D eigenvalue weighted by Gasteiger charge is -2.31. The smallest absolute Gasteiger partial charge is 0.248 e. The molecule has 9 heteroatoms. The number of aliphatic hydroxyl groups excluding tert-OH is 1. The van der Waals surface area contributed by atoms with Crippen LogP contribution < -0.4 is 20.3 Å². The van der Waals surface area contributed by atoms with Gasteiger partial charge >= 0.3 is 0 Å². The maximum atomic E-state index is 12.0. The third kappa shape index (κ3) is 5.52. The van der Waals surface area contributed by atoms with E-state index in [1.165, 1.54) is 6.08 Å². The van der Waals surface area contributed by atoms with Crippen LogP contribution >= 0.6 is 0 Å². The van der Waals surface area contributed by atoms with Gasteiger partial charge in [-0.15, -0.1) is 0 Å². The quantitative estimate of drug-likeness (QED) is 0.413. The molecule has 0 radical (unpaired) electrons. The molecule has 3 aromatic heterocycles. The Balaban J connectivity index is 1.78. The Kier molecular flexibility index (Phi) is 7.60. The molecular formula is C27H30N6O3. The van der Waals surface area contributed by atoms with Crippen LogP contribution in [-0.4, -0.2) is 59.3 Å². The van der Waals surface area contributed by atoms with Gasteiger partial charge in [-0.1, -0.05) is 13.2 Å². The van der Waals surface area contributed by atoms with Crippen molar-refractivity contribution in [2.24, 2.45) is 0 Å². The van der Waals surface area contributed by atoms with Crippen molar-refractivity contribution in [2.45, 2.75) is 18.9 Å². The highest BCUT2D eigenvalue weighted by atomic mass is 16.5. The summed E-state index contributed by atoms with van der Waals surface area (Å²) < 4.78 is 5.27. The molecule has 3 aromatic rings. The topological polar surface area (TPSA) is 112 Å². The van der Waals surface area contributed by atoms with E-state index in [1.807, 2.05) is 29.2 Å². The normalized spacial score (nSPS) is 15.2. The molecule has 1 saturated heterocycles. The number of nitrogens with one attached hydrogen (secondary N) is 2. The summed E-state index contributed by atoms with van der Waals surface area (Å²) in [5.74, 6) is 1.88. The number of anilines is 3. The Morgan fingerprint density at radius 3 is 2.81 bits per heavy atom.